The molecule has 5 nitrogen and oxygen atoms in total. The molecule has 5 heteroatoms. The van der Waals surface area contributed by atoms with Crippen molar-refractivity contribution in [3.8, 4) is 0 Å². The highest BCUT2D eigenvalue weighted by Gasteiger charge is 2.40. The molecule has 1 N–H and O–H groups in total. The molecule has 1 aliphatic heterocycles. The molecule has 2 aliphatic rings. The van der Waals surface area contributed by atoms with Crippen LogP contribution in [0.4, 0.5) is 0 Å². The molecule has 1 amide bonds. The van der Waals surface area contributed by atoms with Crippen LogP contribution < -0.4 is 5.43 Å². The molecule has 1 aliphatic carbocycles. The van der Waals surface area contributed by atoms with Crippen LogP contribution in [0.2, 0.25) is 0 Å². The zero-order chi connectivity index (χ0) is 18.7. The third-order valence-electron chi connectivity index (χ3n) is 6.26. The summed E-state index contributed by atoms with van der Waals surface area (Å²) in [4.78, 5) is 33.1. The number of hydrogen-bond acceptors (Lipinski definition) is 3. The number of carbonyl (C=O) groups is 1. The van der Waals surface area contributed by atoms with Gasteiger partial charge in [0.05, 0.1) is 0 Å². The molecular formula is C21H33N3O2. The zero-order valence-corrected chi connectivity index (χ0v) is 16.6. The molecule has 0 spiro atoms. The molecule has 0 aromatic carbocycles. The summed E-state index contributed by atoms with van der Waals surface area (Å²) < 4.78 is 0. The van der Waals surface area contributed by atoms with Gasteiger partial charge in [0.1, 0.15) is 5.56 Å². The summed E-state index contributed by atoms with van der Waals surface area (Å²) in [5.74, 6) is -0.147. The third-order valence-corrected chi connectivity index (χ3v) is 6.26. The highest BCUT2D eigenvalue weighted by atomic mass is 16.2. The maximum absolute atomic E-state index is 13.1. The van der Waals surface area contributed by atoms with Crippen LogP contribution >= 0.6 is 0 Å². The number of likely N-dealkylation sites (tertiary alicyclic amines) is 1. The van der Waals surface area contributed by atoms with Crippen molar-refractivity contribution in [2.24, 2.45) is 0 Å². The van der Waals surface area contributed by atoms with Crippen LogP contribution in [-0.2, 0) is 0 Å². The number of aryl methyl sites for hydroxylation is 2. The molecular weight excluding hydrogens is 326 g/mol. The molecule has 0 radical (unpaired) electrons. The Balaban J connectivity index is 1.82. The fourth-order valence-electron chi connectivity index (χ4n) is 4.97. The number of hydrogen-bond donors (Lipinski definition) is 1. The number of carbonyl (C=O) groups excluding carboxylic acids is 1. The fourth-order valence-corrected chi connectivity index (χ4v) is 4.97. The molecule has 144 valence electrons. The van der Waals surface area contributed by atoms with Crippen molar-refractivity contribution < 1.29 is 4.79 Å². The van der Waals surface area contributed by atoms with Crippen LogP contribution in [-0.4, -0.2) is 52.9 Å². The number of amides is 1. The Morgan fingerprint density at radius 1 is 1.12 bits per heavy atom. The first-order valence-electron chi connectivity index (χ1n) is 10.1. The van der Waals surface area contributed by atoms with Gasteiger partial charge in [-0.15, -0.1) is 0 Å². The second kappa shape index (κ2) is 7.95. The Labute approximate surface area is 156 Å². The van der Waals surface area contributed by atoms with Crippen LogP contribution in [0, 0.1) is 13.8 Å². The van der Waals surface area contributed by atoms with E-state index in [1.54, 1.807) is 4.90 Å². The second-order valence-electron chi connectivity index (χ2n) is 8.31. The SMILES string of the molecule is Cc1cc(=O)c(C(=O)N(C)CC2(N3CCCCC3)CCCCC2)c(C)[nH]1. The van der Waals surface area contributed by atoms with Crippen molar-refractivity contribution in [2.45, 2.75) is 70.8 Å². The molecule has 1 saturated heterocycles. The van der Waals surface area contributed by atoms with E-state index < -0.39 is 0 Å². The van der Waals surface area contributed by atoms with Crippen molar-refractivity contribution >= 4 is 5.91 Å². The maximum Gasteiger partial charge on any atom is 0.259 e. The quantitative estimate of drug-likeness (QED) is 0.898. The predicted octanol–water partition coefficient (Wildman–Crippen LogP) is 3.25. The number of nitrogens with zero attached hydrogens (tertiary/aromatic N) is 2. The summed E-state index contributed by atoms with van der Waals surface area (Å²) in [6, 6.07) is 1.52. The topological polar surface area (TPSA) is 56.4 Å². The van der Waals surface area contributed by atoms with E-state index in [2.05, 4.69) is 9.88 Å². The Hall–Kier alpha value is -1.62. The van der Waals surface area contributed by atoms with Crippen molar-refractivity contribution in [2.75, 3.05) is 26.7 Å². The molecule has 26 heavy (non-hydrogen) atoms. The van der Waals surface area contributed by atoms with Crippen molar-refractivity contribution in [3.05, 3.63) is 33.2 Å². The Morgan fingerprint density at radius 3 is 2.35 bits per heavy atom. The molecule has 0 bridgehead atoms. The monoisotopic (exact) mass is 359 g/mol. The Morgan fingerprint density at radius 2 is 1.73 bits per heavy atom. The molecule has 3 rings (SSSR count). The van der Waals surface area contributed by atoms with E-state index in [1.807, 2.05) is 20.9 Å². The lowest BCUT2D eigenvalue weighted by Gasteiger charge is -2.49. The summed E-state index contributed by atoms with van der Waals surface area (Å²) in [5.41, 5.74) is 1.68. The molecule has 1 saturated carbocycles. The average Bonchev–Trinajstić information content (AvgIpc) is 2.62. The Kier molecular flexibility index (Phi) is 5.86. The minimum atomic E-state index is -0.175. The maximum atomic E-state index is 13.1. The van der Waals surface area contributed by atoms with E-state index in [-0.39, 0.29) is 16.9 Å². The molecule has 1 aromatic rings. The number of piperidine rings is 1. The number of pyridine rings is 1. The van der Waals surface area contributed by atoms with Crippen molar-refractivity contribution in [1.29, 1.82) is 0 Å². The molecule has 1 aromatic heterocycles. The number of likely N-dealkylation sites (N-methyl/N-ethyl adjacent to an activating group) is 1. The van der Waals surface area contributed by atoms with Gasteiger partial charge in [0, 0.05) is 36.6 Å². The lowest BCUT2D eigenvalue weighted by atomic mass is 9.78. The molecule has 2 fully saturated rings. The standard InChI is InChI=1S/C21H33N3O2/c1-16-14-18(25)19(17(2)22-16)20(26)23(3)15-21(10-6-4-7-11-21)24-12-8-5-9-13-24/h14H,4-13,15H2,1-3H3,(H,22,25). The predicted molar refractivity (Wildman–Crippen MR) is 105 cm³/mol. The number of nitrogens with one attached hydrogen (secondary N) is 1. The number of aromatic amines is 1. The van der Waals surface area contributed by atoms with E-state index in [0.29, 0.717) is 11.3 Å². The molecule has 2 heterocycles. The first kappa shape index (κ1) is 19.2. The lowest BCUT2D eigenvalue weighted by molar-refractivity contribution is 0.00983. The third kappa shape index (κ3) is 3.88. The highest BCUT2D eigenvalue weighted by molar-refractivity contribution is 5.95. The van der Waals surface area contributed by atoms with Gasteiger partial charge < -0.3 is 9.88 Å². The summed E-state index contributed by atoms with van der Waals surface area (Å²) in [6.07, 6.45) is 9.93. The van der Waals surface area contributed by atoms with E-state index in [4.69, 9.17) is 0 Å². The van der Waals surface area contributed by atoms with Crippen LogP contribution in [0.3, 0.4) is 0 Å². The summed E-state index contributed by atoms with van der Waals surface area (Å²) in [7, 11) is 1.86. The highest BCUT2D eigenvalue weighted by Crippen LogP contribution is 2.36. The van der Waals surface area contributed by atoms with Crippen LogP contribution in [0.1, 0.15) is 73.1 Å². The van der Waals surface area contributed by atoms with Gasteiger partial charge in [-0.25, -0.2) is 0 Å². The minimum Gasteiger partial charge on any atom is -0.362 e. The van der Waals surface area contributed by atoms with E-state index >= 15 is 0 Å². The van der Waals surface area contributed by atoms with E-state index in [0.717, 1.165) is 38.2 Å². The van der Waals surface area contributed by atoms with Crippen molar-refractivity contribution in [3.63, 3.8) is 0 Å². The fraction of sp³-hybridized carbons (Fsp3) is 0.714. The second-order valence-corrected chi connectivity index (χ2v) is 8.31. The van der Waals surface area contributed by atoms with Gasteiger partial charge in [-0.3, -0.25) is 14.5 Å². The summed E-state index contributed by atoms with van der Waals surface area (Å²) in [6.45, 7) is 6.67. The number of aromatic nitrogens is 1. The summed E-state index contributed by atoms with van der Waals surface area (Å²) >= 11 is 0. The first-order valence-corrected chi connectivity index (χ1v) is 10.1. The minimum absolute atomic E-state index is 0.0917. The number of H-pyrrole nitrogens is 1. The van der Waals surface area contributed by atoms with Gasteiger partial charge in [-0.1, -0.05) is 25.7 Å². The van der Waals surface area contributed by atoms with Gasteiger partial charge in [0.15, 0.2) is 5.43 Å². The van der Waals surface area contributed by atoms with Gasteiger partial charge in [-0.2, -0.15) is 0 Å². The first-order chi connectivity index (χ1) is 12.4. The lowest BCUT2D eigenvalue weighted by Crippen LogP contribution is -2.58. The number of rotatable bonds is 4. The van der Waals surface area contributed by atoms with Gasteiger partial charge in [0.2, 0.25) is 0 Å². The van der Waals surface area contributed by atoms with Crippen molar-refractivity contribution in [1.82, 2.24) is 14.8 Å². The Bertz CT molecular complexity index is 698. The normalized spacial score (nSPS) is 20.7. The van der Waals surface area contributed by atoms with Gasteiger partial charge >= 0.3 is 0 Å². The average molecular weight is 360 g/mol. The summed E-state index contributed by atoms with van der Waals surface area (Å²) in [5, 5.41) is 0. The zero-order valence-electron chi connectivity index (χ0n) is 16.6. The largest absolute Gasteiger partial charge is 0.362 e. The van der Waals surface area contributed by atoms with Gasteiger partial charge in [0.25, 0.3) is 5.91 Å². The van der Waals surface area contributed by atoms with Crippen LogP contribution in [0.5, 0.6) is 0 Å². The smallest absolute Gasteiger partial charge is 0.259 e. The van der Waals surface area contributed by atoms with Gasteiger partial charge in [-0.05, 0) is 52.6 Å². The molecule has 0 unspecified atom stereocenters. The van der Waals surface area contributed by atoms with Crippen LogP contribution in [0.15, 0.2) is 10.9 Å². The van der Waals surface area contributed by atoms with E-state index in [9.17, 15) is 9.59 Å². The van der Waals surface area contributed by atoms with E-state index in [1.165, 1.54) is 44.6 Å². The van der Waals surface area contributed by atoms with Crippen LogP contribution in [0.25, 0.3) is 0 Å². The molecule has 0 atom stereocenters.